The van der Waals surface area contributed by atoms with Crippen molar-refractivity contribution in [2.24, 2.45) is 0 Å². The molecule has 2 rings (SSSR count). The Balaban J connectivity index is 2.19. The first-order chi connectivity index (χ1) is 9.47. The molecule has 1 aromatic rings. The van der Waals surface area contributed by atoms with E-state index < -0.39 is 0 Å². The maximum atomic E-state index is 9.90. The third-order valence-corrected chi connectivity index (χ3v) is 4.32. The number of rotatable bonds is 5. The molecular formula is C16H29N3O. The molecule has 20 heavy (non-hydrogen) atoms. The van der Waals surface area contributed by atoms with E-state index in [1.807, 2.05) is 6.20 Å². The first-order valence-electron chi connectivity index (χ1n) is 7.89. The van der Waals surface area contributed by atoms with Gasteiger partial charge in [-0.25, -0.2) is 4.98 Å². The zero-order valence-corrected chi connectivity index (χ0v) is 13.3. The van der Waals surface area contributed by atoms with Crippen LogP contribution in [0.2, 0.25) is 0 Å². The SMILES string of the molecule is CC(C)NC1(CO)CCCC(n2ccnc2C(C)C)C1. The topological polar surface area (TPSA) is 50.1 Å². The highest BCUT2D eigenvalue weighted by molar-refractivity contribution is 5.04. The molecule has 1 fully saturated rings. The fraction of sp³-hybridized carbons (Fsp3) is 0.812. The summed E-state index contributed by atoms with van der Waals surface area (Å²) in [5.41, 5.74) is -0.129. The molecule has 0 radical (unpaired) electrons. The predicted octanol–water partition coefficient (Wildman–Crippen LogP) is 2.85. The Morgan fingerprint density at radius 1 is 1.45 bits per heavy atom. The summed E-state index contributed by atoms with van der Waals surface area (Å²) in [6.45, 7) is 8.89. The third kappa shape index (κ3) is 3.23. The number of nitrogens with zero attached hydrogens (tertiary/aromatic N) is 2. The molecule has 1 aromatic heterocycles. The number of hydrogen-bond donors (Lipinski definition) is 2. The first kappa shape index (κ1) is 15.5. The lowest BCUT2D eigenvalue weighted by Crippen LogP contribution is -2.54. The highest BCUT2D eigenvalue weighted by Gasteiger charge is 2.37. The van der Waals surface area contributed by atoms with Gasteiger partial charge in [0.2, 0.25) is 0 Å². The van der Waals surface area contributed by atoms with E-state index in [2.05, 4.69) is 48.8 Å². The number of imidazole rings is 1. The van der Waals surface area contributed by atoms with Crippen LogP contribution in [-0.4, -0.2) is 32.8 Å². The minimum Gasteiger partial charge on any atom is -0.394 e. The number of hydrogen-bond acceptors (Lipinski definition) is 3. The van der Waals surface area contributed by atoms with Crippen LogP contribution in [-0.2, 0) is 0 Å². The van der Waals surface area contributed by atoms with Crippen molar-refractivity contribution in [3.05, 3.63) is 18.2 Å². The normalized spacial score (nSPS) is 27.4. The fourth-order valence-corrected chi connectivity index (χ4v) is 3.58. The molecule has 2 unspecified atom stereocenters. The second-order valence-corrected chi connectivity index (χ2v) is 6.84. The van der Waals surface area contributed by atoms with Crippen LogP contribution in [0.5, 0.6) is 0 Å². The lowest BCUT2D eigenvalue weighted by molar-refractivity contribution is 0.0894. The average molecular weight is 279 g/mol. The zero-order valence-electron chi connectivity index (χ0n) is 13.3. The van der Waals surface area contributed by atoms with Crippen molar-refractivity contribution in [2.45, 2.75) is 76.9 Å². The minimum atomic E-state index is -0.129. The largest absolute Gasteiger partial charge is 0.394 e. The maximum Gasteiger partial charge on any atom is 0.111 e. The summed E-state index contributed by atoms with van der Waals surface area (Å²) in [5, 5.41) is 13.5. The van der Waals surface area contributed by atoms with Crippen molar-refractivity contribution in [2.75, 3.05) is 6.61 Å². The van der Waals surface area contributed by atoms with Crippen molar-refractivity contribution in [1.82, 2.24) is 14.9 Å². The molecule has 0 saturated heterocycles. The lowest BCUT2D eigenvalue weighted by Gasteiger charge is -2.42. The van der Waals surface area contributed by atoms with Crippen LogP contribution < -0.4 is 5.32 Å². The molecule has 0 bridgehead atoms. The Morgan fingerprint density at radius 3 is 2.80 bits per heavy atom. The second-order valence-electron chi connectivity index (χ2n) is 6.84. The molecule has 1 aliphatic rings. The van der Waals surface area contributed by atoms with Crippen molar-refractivity contribution in [3.8, 4) is 0 Å². The number of aliphatic hydroxyl groups excluding tert-OH is 1. The Labute approximate surface area is 122 Å². The quantitative estimate of drug-likeness (QED) is 0.871. The smallest absolute Gasteiger partial charge is 0.111 e. The molecule has 1 heterocycles. The van der Waals surface area contributed by atoms with Gasteiger partial charge < -0.3 is 15.0 Å². The van der Waals surface area contributed by atoms with Gasteiger partial charge in [-0.05, 0) is 25.7 Å². The van der Waals surface area contributed by atoms with Gasteiger partial charge in [-0.1, -0.05) is 27.7 Å². The Kier molecular flexibility index (Phi) is 4.86. The summed E-state index contributed by atoms with van der Waals surface area (Å²) >= 11 is 0. The number of aliphatic hydroxyl groups is 1. The van der Waals surface area contributed by atoms with Gasteiger partial charge >= 0.3 is 0 Å². The molecule has 2 atom stereocenters. The van der Waals surface area contributed by atoms with Crippen LogP contribution in [0.15, 0.2) is 12.4 Å². The van der Waals surface area contributed by atoms with E-state index in [1.54, 1.807) is 0 Å². The molecular weight excluding hydrogens is 250 g/mol. The van der Waals surface area contributed by atoms with Crippen molar-refractivity contribution >= 4 is 0 Å². The van der Waals surface area contributed by atoms with E-state index >= 15 is 0 Å². The fourth-order valence-electron chi connectivity index (χ4n) is 3.58. The summed E-state index contributed by atoms with van der Waals surface area (Å²) in [4.78, 5) is 4.51. The van der Waals surface area contributed by atoms with E-state index in [9.17, 15) is 5.11 Å². The van der Waals surface area contributed by atoms with Gasteiger partial charge in [0.15, 0.2) is 0 Å². The summed E-state index contributed by atoms with van der Waals surface area (Å²) in [7, 11) is 0. The van der Waals surface area contributed by atoms with Crippen LogP contribution >= 0.6 is 0 Å². The van der Waals surface area contributed by atoms with Crippen LogP contribution in [0.4, 0.5) is 0 Å². The molecule has 4 heteroatoms. The molecule has 0 aromatic carbocycles. The van der Waals surface area contributed by atoms with Gasteiger partial charge in [-0.3, -0.25) is 0 Å². The van der Waals surface area contributed by atoms with Gasteiger partial charge in [-0.15, -0.1) is 0 Å². The highest BCUT2D eigenvalue weighted by Crippen LogP contribution is 2.37. The predicted molar refractivity (Wildman–Crippen MR) is 81.9 cm³/mol. The molecule has 4 nitrogen and oxygen atoms in total. The summed E-state index contributed by atoms with van der Waals surface area (Å²) in [5.74, 6) is 1.60. The van der Waals surface area contributed by atoms with Crippen LogP contribution in [0, 0.1) is 0 Å². The number of nitrogens with one attached hydrogen (secondary N) is 1. The van der Waals surface area contributed by atoms with Crippen LogP contribution in [0.1, 0.15) is 71.2 Å². The van der Waals surface area contributed by atoms with Crippen LogP contribution in [0.25, 0.3) is 0 Å². The van der Waals surface area contributed by atoms with Crippen molar-refractivity contribution in [3.63, 3.8) is 0 Å². The van der Waals surface area contributed by atoms with Crippen molar-refractivity contribution in [1.29, 1.82) is 0 Å². The van der Waals surface area contributed by atoms with Crippen molar-refractivity contribution < 1.29 is 5.11 Å². The monoisotopic (exact) mass is 279 g/mol. The van der Waals surface area contributed by atoms with Gasteiger partial charge in [0.1, 0.15) is 5.82 Å². The zero-order chi connectivity index (χ0) is 14.8. The van der Waals surface area contributed by atoms with E-state index in [4.69, 9.17) is 0 Å². The molecule has 1 saturated carbocycles. The van der Waals surface area contributed by atoms with E-state index in [1.165, 1.54) is 6.42 Å². The molecule has 0 spiro atoms. The molecule has 0 aliphatic heterocycles. The minimum absolute atomic E-state index is 0.129. The number of aromatic nitrogens is 2. The Hall–Kier alpha value is -0.870. The lowest BCUT2D eigenvalue weighted by atomic mass is 9.78. The Bertz CT molecular complexity index is 427. The molecule has 1 aliphatic carbocycles. The Morgan fingerprint density at radius 2 is 2.20 bits per heavy atom. The van der Waals surface area contributed by atoms with Gasteiger partial charge in [-0.2, -0.15) is 0 Å². The summed E-state index contributed by atoms with van der Waals surface area (Å²) in [6, 6.07) is 0.843. The van der Waals surface area contributed by atoms with E-state index in [0.717, 1.165) is 25.1 Å². The van der Waals surface area contributed by atoms with Crippen LogP contribution in [0.3, 0.4) is 0 Å². The average Bonchev–Trinajstić information content (AvgIpc) is 2.87. The van der Waals surface area contributed by atoms with Gasteiger partial charge in [0.25, 0.3) is 0 Å². The van der Waals surface area contributed by atoms with E-state index in [0.29, 0.717) is 18.0 Å². The molecule has 2 N–H and O–H groups in total. The first-order valence-corrected chi connectivity index (χ1v) is 7.89. The highest BCUT2D eigenvalue weighted by atomic mass is 16.3. The third-order valence-electron chi connectivity index (χ3n) is 4.32. The molecule has 114 valence electrons. The van der Waals surface area contributed by atoms with Gasteiger partial charge in [0.05, 0.1) is 6.61 Å². The standard InChI is InChI=1S/C16H29N3O/c1-12(2)15-17-8-9-19(15)14-6-5-7-16(10-14,11-20)18-13(3)4/h8-9,12-14,18,20H,5-7,10-11H2,1-4H3. The van der Waals surface area contributed by atoms with E-state index in [-0.39, 0.29) is 12.1 Å². The second kappa shape index (κ2) is 6.27. The molecule has 0 amide bonds. The maximum absolute atomic E-state index is 9.90. The summed E-state index contributed by atoms with van der Waals surface area (Å²) in [6.07, 6.45) is 8.38. The summed E-state index contributed by atoms with van der Waals surface area (Å²) < 4.78 is 2.33. The van der Waals surface area contributed by atoms with Gasteiger partial charge in [0, 0.05) is 35.9 Å².